The Morgan fingerprint density at radius 2 is 1.86 bits per heavy atom. The van der Waals surface area contributed by atoms with Crippen molar-refractivity contribution >= 4 is 17.7 Å². The summed E-state index contributed by atoms with van der Waals surface area (Å²) in [5.74, 6) is 2.62. The van der Waals surface area contributed by atoms with Gasteiger partial charge in [-0.25, -0.2) is 0 Å². The fourth-order valence-corrected chi connectivity index (χ4v) is 4.38. The summed E-state index contributed by atoms with van der Waals surface area (Å²) < 4.78 is 0. The Bertz CT molecular complexity index is 463. The summed E-state index contributed by atoms with van der Waals surface area (Å²) in [5, 5.41) is 3.40. The average Bonchev–Trinajstić information content (AvgIpc) is 2.85. The van der Waals surface area contributed by atoms with Crippen LogP contribution in [0.25, 0.3) is 0 Å². The molecule has 2 aliphatic rings. The summed E-state index contributed by atoms with van der Waals surface area (Å²) in [5.41, 5.74) is 0.898. The number of hydrogen-bond acceptors (Lipinski definition) is 3. The van der Waals surface area contributed by atoms with Crippen LogP contribution in [0.15, 0.2) is 30.3 Å². The standard InChI is InChI=1S/C17H24N2OS/c20-16(19-11-4-13-21-14-12-19)17(7-9-18-10-8-17)15-5-2-1-3-6-15/h1-3,5-6,18H,4,7-14H2. The molecule has 1 aromatic rings. The van der Waals surface area contributed by atoms with E-state index >= 15 is 0 Å². The van der Waals surface area contributed by atoms with Crippen LogP contribution in [-0.2, 0) is 10.2 Å². The smallest absolute Gasteiger partial charge is 0.233 e. The van der Waals surface area contributed by atoms with E-state index in [0.717, 1.165) is 51.2 Å². The predicted molar refractivity (Wildman–Crippen MR) is 88.7 cm³/mol. The summed E-state index contributed by atoms with van der Waals surface area (Å²) in [6.07, 6.45) is 2.96. The average molecular weight is 304 g/mol. The van der Waals surface area contributed by atoms with Gasteiger partial charge in [0, 0.05) is 18.8 Å². The van der Waals surface area contributed by atoms with Crippen LogP contribution in [0.3, 0.4) is 0 Å². The SMILES string of the molecule is O=C(N1CCCSCC1)C1(c2ccccc2)CCNCC1. The second-order valence-corrected chi connectivity index (χ2v) is 7.18. The minimum Gasteiger partial charge on any atom is -0.341 e. The van der Waals surface area contributed by atoms with Crippen LogP contribution < -0.4 is 5.32 Å². The molecule has 2 heterocycles. The Balaban J connectivity index is 1.89. The molecule has 3 nitrogen and oxygen atoms in total. The molecule has 114 valence electrons. The van der Waals surface area contributed by atoms with E-state index in [1.54, 1.807) is 0 Å². The molecule has 0 bridgehead atoms. The summed E-state index contributed by atoms with van der Waals surface area (Å²) in [6, 6.07) is 10.4. The fourth-order valence-electron chi connectivity index (χ4n) is 3.49. The maximum Gasteiger partial charge on any atom is 0.233 e. The van der Waals surface area contributed by atoms with Crippen LogP contribution in [0.5, 0.6) is 0 Å². The molecule has 1 amide bonds. The summed E-state index contributed by atoms with van der Waals surface area (Å²) in [6.45, 7) is 3.70. The van der Waals surface area contributed by atoms with Crippen molar-refractivity contribution in [1.82, 2.24) is 10.2 Å². The van der Waals surface area contributed by atoms with Gasteiger partial charge in [-0.05, 0) is 43.7 Å². The van der Waals surface area contributed by atoms with E-state index < -0.39 is 0 Å². The Hall–Kier alpha value is -1.00. The Morgan fingerprint density at radius 1 is 1.10 bits per heavy atom. The van der Waals surface area contributed by atoms with Crippen LogP contribution >= 0.6 is 11.8 Å². The number of nitrogens with zero attached hydrogens (tertiary/aromatic N) is 1. The van der Waals surface area contributed by atoms with Crippen molar-refractivity contribution in [3.05, 3.63) is 35.9 Å². The van der Waals surface area contributed by atoms with Crippen molar-refractivity contribution in [2.24, 2.45) is 0 Å². The highest BCUT2D eigenvalue weighted by molar-refractivity contribution is 7.99. The third-order valence-electron chi connectivity index (χ3n) is 4.70. The first-order valence-electron chi connectivity index (χ1n) is 7.96. The van der Waals surface area contributed by atoms with E-state index in [0.29, 0.717) is 5.91 Å². The largest absolute Gasteiger partial charge is 0.341 e. The molecule has 2 aliphatic heterocycles. The van der Waals surface area contributed by atoms with Crippen LogP contribution in [-0.4, -0.2) is 48.5 Å². The van der Waals surface area contributed by atoms with E-state index in [1.165, 1.54) is 11.3 Å². The highest BCUT2D eigenvalue weighted by atomic mass is 32.2. The van der Waals surface area contributed by atoms with Gasteiger partial charge in [0.05, 0.1) is 5.41 Å². The van der Waals surface area contributed by atoms with E-state index in [2.05, 4.69) is 34.5 Å². The van der Waals surface area contributed by atoms with E-state index in [9.17, 15) is 4.79 Å². The first kappa shape index (κ1) is 14.9. The minimum atomic E-state index is -0.304. The van der Waals surface area contributed by atoms with Gasteiger partial charge in [0.2, 0.25) is 5.91 Å². The molecule has 4 heteroatoms. The molecular weight excluding hydrogens is 280 g/mol. The van der Waals surface area contributed by atoms with Gasteiger partial charge in [-0.1, -0.05) is 30.3 Å². The fraction of sp³-hybridized carbons (Fsp3) is 0.588. The molecule has 0 unspecified atom stereocenters. The predicted octanol–water partition coefficient (Wildman–Crippen LogP) is 2.27. The quantitative estimate of drug-likeness (QED) is 0.910. The van der Waals surface area contributed by atoms with Gasteiger partial charge >= 0.3 is 0 Å². The van der Waals surface area contributed by atoms with E-state index in [1.807, 2.05) is 17.8 Å². The lowest BCUT2D eigenvalue weighted by Gasteiger charge is -2.40. The number of carbonyl (C=O) groups is 1. The maximum absolute atomic E-state index is 13.3. The number of hydrogen-bond donors (Lipinski definition) is 1. The van der Waals surface area contributed by atoms with Gasteiger partial charge in [0.25, 0.3) is 0 Å². The van der Waals surface area contributed by atoms with Crippen LogP contribution in [0.1, 0.15) is 24.8 Å². The lowest BCUT2D eigenvalue weighted by atomic mass is 9.72. The molecule has 0 aliphatic carbocycles. The maximum atomic E-state index is 13.3. The molecule has 1 aromatic carbocycles. The lowest BCUT2D eigenvalue weighted by Crippen LogP contribution is -2.52. The molecule has 1 N–H and O–H groups in total. The molecule has 2 fully saturated rings. The van der Waals surface area contributed by atoms with Crippen molar-refractivity contribution in [3.63, 3.8) is 0 Å². The number of rotatable bonds is 2. The summed E-state index contributed by atoms with van der Waals surface area (Å²) >= 11 is 1.97. The molecule has 3 rings (SSSR count). The first-order valence-corrected chi connectivity index (χ1v) is 9.12. The second-order valence-electron chi connectivity index (χ2n) is 5.96. The zero-order valence-corrected chi connectivity index (χ0v) is 13.3. The third kappa shape index (κ3) is 3.11. The number of amides is 1. The normalized spacial score (nSPS) is 22.6. The monoisotopic (exact) mass is 304 g/mol. The van der Waals surface area contributed by atoms with Gasteiger partial charge < -0.3 is 10.2 Å². The number of carbonyl (C=O) groups excluding carboxylic acids is 1. The van der Waals surface area contributed by atoms with E-state index in [-0.39, 0.29) is 5.41 Å². The van der Waals surface area contributed by atoms with Gasteiger partial charge in [-0.15, -0.1) is 0 Å². The number of benzene rings is 1. The van der Waals surface area contributed by atoms with Crippen molar-refractivity contribution < 1.29 is 4.79 Å². The minimum absolute atomic E-state index is 0.304. The zero-order valence-electron chi connectivity index (χ0n) is 12.5. The topological polar surface area (TPSA) is 32.3 Å². The van der Waals surface area contributed by atoms with Crippen molar-refractivity contribution in [3.8, 4) is 0 Å². The molecule has 0 radical (unpaired) electrons. The molecule has 21 heavy (non-hydrogen) atoms. The van der Waals surface area contributed by atoms with Gasteiger partial charge in [0.1, 0.15) is 0 Å². The van der Waals surface area contributed by atoms with Crippen LogP contribution in [0.4, 0.5) is 0 Å². The number of thioether (sulfide) groups is 1. The second kappa shape index (κ2) is 6.84. The van der Waals surface area contributed by atoms with Crippen molar-refractivity contribution in [1.29, 1.82) is 0 Å². The van der Waals surface area contributed by atoms with Gasteiger partial charge in [-0.2, -0.15) is 11.8 Å². The Kier molecular flexibility index (Phi) is 4.86. The number of piperidine rings is 1. The van der Waals surface area contributed by atoms with E-state index in [4.69, 9.17) is 0 Å². The van der Waals surface area contributed by atoms with Crippen LogP contribution in [0, 0.1) is 0 Å². The Morgan fingerprint density at radius 3 is 2.62 bits per heavy atom. The van der Waals surface area contributed by atoms with Crippen molar-refractivity contribution in [2.45, 2.75) is 24.7 Å². The molecule has 2 saturated heterocycles. The molecule has 0 aromatic heterocycles. The highest BCUT2D eigenvalue weighted by Gasteiger charge is 2.43. The van der Waals surface area contributed by atoms with Crippen molar-refractivity contribution in [2.75, 3.05) is 37.7 Å². The lowest BCUT2D eigenvalue weighted by molar-refractivity contribution is -0.138. The van der Waals surface area contributed by atoms with Crippen LogP contribution in [0.2, 0.25) is 0 Å². The summed E-state index contributed by atoms with van der Waals surface area (Å²) in [7, 11) is 0. The van der Waals surface area contributed by atoms with Gasteiger partial charge in [0.15, 0.2) is 0 Å². The van der Waals surface area contributed by atoms with Gasteiger partial charge in [-0.3, -0.25) is 4.79 Å². The molecule has 0 saturated carbocycles. The molecular formula is C17H24N2OS. The Labute approximate surface area is 131 Å². The number of nitrogens with one attached hydrogen (secondary N) is 1. The summed E-state index contributed by atoms with van der Waals surface area (Å²) in [4.78, 5) is 15.4. The first-order chi connectivity index (χ1) is 10.3. The third-order valence-corrected chi connectivity index (χ3v) is 5.75. The highest BCUT2D eigenvalue weighted by Crippen LogP contribution is 2.36. The molecule has 0 atom stereocenters. The zero-order chi connectivity index (χ0) is 14.5. The molecule has 0 spiro atoms.